The van der Waals surface area contributed by atoms with Crippen LogP contribution < -0.4 is 0 Å². The monoisotopic (exact) mass is 438 g/mol. The second kappa shape index (κ2) is 15.8. The third-order valence-corrected chi connectivity index (χ3v) is 4.19. The van der Waals surface area contributed by atoms with Crippen LogP contribution in [0.2, 0.25) is 0 Å². The van der Waals surface area contributed by atoms with Gasteiger partial charge >= 0.3 is 23.9 Å². The van der Waals surface area contributed by atoms with Crippen molar-refractivity contribution < 1.29 is 43.6 Å². The number of carboxylic acid groups (broad SMARTS) is 2. The lowest BCUT2D eigenvalue weighted by Crippen LogP contribution is -2.29. The van der Waals surface area contributed by atoms with E-state index >= 15 is 0 Å². The number of carboxylic acids is 2. The third-order valence-electron chi connectivity index (χ3n) is 4.19. The lowest BCUT2D eigenvalue weighted by atomic mass is 10.2. The first-order valence-corrected chi connectivity index (χ1v) is 10.3. The van der Waals surface area contributed by atoms with Crippen molar-refractivity contribution in [3.63, 3.8) is 0 Å². The van der Waals surface area contributed by atoms with Crippen LogP contribution in [-0.2, 0) is 40.0 Å². The van der Waals surface area contributed by atoms with Gasteiger partial charge < -0.3 is 24.4 Å². The molecule has 2 N–H and O–H groups in total. The van der Waals surface area contributed by atoms with E-state index in [1.54, 1.807) is 0 Å². The Kier molecular flexibility index (Phi) is 13.3. The molecular formula is C22H30O9. The molecule has 31 heavy (non-hydrogen) atoms. The predicted molar refractivity (Wildman–Crippen MR) is 109 cm³/mol. The molecular weight excluding hydrogens is 408 g/mol. The second-order valence-corrected chi connectivity index (χ2v) is 7.00. The molecule has 0 aromatic heterocycles. The van der Waals surface area contributed by atoms with Gasteiger partial charge in [0.15, 0.2) is 6.10 Å². The van der Waals surface area contributed by atoms with Crippen LogP contribution in [0.4, 0.5) is 0 Å². The lowest BCUT2D eigenvalue weighted by molar-refractivity contribution is -0.163. The van der Waals surface area contributed by atoms with E-state index in [1.807, 2.05) is 30.3 Å². The molecule has 0 heterocycles. The quantitative estimate of drug-likeness (QED) is 0.278. The molecule has 9 nitrogen and oxygen atoms in total. The molecule has 172 valence electrons. The average Bonchev–Trinajstić information content (AvgIpc) is 2.73. The van der Waals surface area contributed by atoms with Crippen LogP contribution in [0.25, 0.3) is 0 Å². The largest absolute Gasteiger partial charge is 0.481 e. The zero-order chi connectivity index (χ0) is 22.9. The summed E-state index contributed by atoms with van der Waals surface area (Å²) < 4.78 is 16.1. The van der Waals surface area contributed by atoms with Gasteiger partial charge in [-0.15, -0.1) is 0 Å². The number of rotatable bonds is 17. The first-order valence-electron chi connectivity index (χ1n) is 10.3. The number of hydrogen-bond acceptors (Lipinski definition) is 7. The van der Waals surface area contributed by atoms with Crippen LogP contribution in [0.3, 0.4) is 0 Å². The van der Waals surface area contributed by atoms with Crippen molar-refractivity contribution in [1.29, 1.82) is 0 Å². The minimum Gasteiger partial charge on any atom is -0.481 e. The van der Waals surface area contributed by atoms with Gasteiger partial charge in [-0.25, -0.2) is 0 Å². The van der Waals surface area contributed by atoms with Crippen LogP contribution in [-0.4, -0.2) is 53.4 Å². The molecule has 0 radical (unpaired) electrons. The number of carbonyl (C=O) groups is 4. The summed E-state index contributed by atoms with van der Waals surface area (Å²) in [6.45, 7) is 0.159. The molecule has 1 rings (SSSR count). The van der Waals surface area contributed by atoms with Crippen molar-refractivity contribution in [2.75, 3.05) is 13.2 Å². The summed E-state index contributed by atoms with van der Waals surface area (Å²) in [5.41, 5.74) is 0.941. The highest BCUT2D eigenvalue weighted by Crippen LogP contribution is 2.08. The minimum absolute atomic E-state index is 0.0112. The molecule has 0 aliphatic heterocycles. The molecule has 0 aliphatic rings. The van der Waals surface area contributed by atoms with Gasteiger partial charge in [-0.05, 0) is 31.2 Å². The first kappa shape index (κ1) is 26.1. The van der Waals surface area contributed by atoms with Crippen LogP contribution in [0.5, 0.6) is 0 Å². The highest BCUT2D eigenvalue weighted by molar-refractivity contribution is 5.71. The van der Waals surface area contributed by atoms with Crippen molar-refractivity contribution in [3.05, 3.63) is 35.9 Å². The Labute approximate surface area is 181 Å². The normalized spacial score (nSPS) is 11.5. The fraction of sp³-hybridized carbons (Fsp3) is 0.545. The van der Waals surface area contributed by atoms with Gasteiger partial charge in [-0.3, -0.25) is 19.2 Å². The van der Waals surface area contributed by atoms with Crippen LogP contribution >= 0.6 is 0 Å². The summed E-state index contributed by atoms with van der Waals surface area (Å²) in [6, 6.07) is 9.41. The molecule has 0 saturated carbocycles. The Morgan fingerprint density at radius 1 is 0.742 bits per heavy atom. The molecule has 0 spiro atoms. The van der Waals surface area contributed by atoms with E-state index in [9.17, 15) is 19.2 Å². The van der Waals surface area contributed by atoms with Crippen molar-refractivity contribution in [2.24, 2.45) is 0 Å². The highest BCUT2D eigenvalue weighted by atomic mass is 16.6. The molecule has 1 aromatic carbocycles. The maximum absolute atomic E-state index is 12.0. The summed E-state index contributed by atoms with van der Waals surface area (Å²) in [6.07, 6.45) is 0.831. The van der Waals surface area contributed by atoms with E-state index in [4.69, 9.17) is 24.4 Å². The average molecular weight is 438 g/mol. The Bertz CT molecular complexity index is 687. The minimum atomic E-state index is -0.921. The first-order chi connectivity index (χ1) is 14.9. The number of hydrogen-bond donors (Lipinski definition) is 2. The van der Waals surface area contributed by atoms with E-state index in [-0.39, 0.29) is 38.9 Å². The van der Waals surface area contributed by atoms with Gasteiger partial charge in [0.05, 0.1) is 13.2 Å². The number of aliphatic carboxylic acids is 2. The van der Waals surface area contributed by atoms with Gasteiger partial charge in [0.25, 0.3) is 0 Å². The second-order valence-electron chi connectivity index (χ2n) is 7.00. The van der Waals surface area contributed by atoms with Crippen molar-refractivity contribution in [3.8, 4) is 0 Å². The van der Waals surface area contributed by atoms with Gasteiger partial charge in [0, 0.05) is 25.7 Å². The highest BCUT2D eigenvalue weighted by Gasteiger charge is 2.18. The van der Waals surface area contributed by atoms with Gasteiger partial charge in [-0.2, -0.15) is 0 Å². The number of carbonyl (C=O) groups excluding carboxylic acids is 2. The molecule has 0 amide bonds. The fourth-order valence-electron chi connectivity index (χ4n) is 2.59. The fourth-order valence-corrected chi connectivity index (χ4v) is 2.59. The molecule has 1 aromatic rings. The number of ether oxygens (including phenoxy) is 3. The Morgan fingerprint density at radius 2 is 1.29 bits per heavy atom. The summed E-state index contributed by atoms with van der Waals surface area (Å²) in [7, 11) is 0. The van der Waals surface area contributed by atoms with E-state index in [1.165, 1.54) is 0 Å². The number of esters is 2. The Hall–Kier alpha value is -2.94. The maximum atomic E-state index is 12.0. The van der Waals surface area contributed by atoms with Crippen LogP contribution in [0, 0.1) is 0 Å². The molecule has 0 fully saturated rings. The van der Waals surface area contributed by atoms with Crippen molar-refractivity contribution >= 4 is 23.9 Å². The molecule has 0 saturated heterocycles. The molecule has 0 bridgehead atoms. The van der Waals surface area contributed by atoms with Gasteiger partial charge in [0.2, 0.25) is 0 Å². The predicted octanol–water partition coefficient (Wildman–Crippen LogP) is 2.95. The van der Waals surface area contributed by atoms with Crippen molar-refractivity contribution in [1.82, 2.24) is 0 Å². The number of unbranched alkanes of at least 4 members (excludes halogenated alkanes) is 2. The molecule has 0 aliphatic carbocycles. The zero-order valence-electron chi connectivity index (χ0n) is 17.5. The third kappa shape index (κ3) is 14.6. The van der Waals surface area contributed by atoms with E-state index in [0.717, 1.165) is 5.56 Å². The lowest BCUT2D eigenvalue weighted by Gasteiger charge is -2.18. The maximum Gasteiger partial charge on any atom is 0.306 e. The van der Waals surface area contributed by atoms with Crippen LogP contribution in [0.1, 0.15) is 56.9 Å². The summed E-state index contributed by atoms with van der Waals surface area (Å²) in [4.78, 5) is 44.9. The van der Waals surface area contributed by atoms with Crippen molar-refractivity contribution in [2.45, 2.75) is 64.1 Å². The van der Waals surface area contributed by atoms with Gasteiger partial charge in [-0.1, -0.05) is 30.3 Å². The standard InChI is InChI=1S/C22H30O9/c23-19(24)10-4-6-12-21(27)30-16-18(15-29-14-17-8-2-1-3-9-17)31-22(28)13-7-5-11-20(25)26/h1-3,8-9,18H,4-7,10-16H2,(H,23,24)(H,25,26)/t18-/m0/s1. The Morgan fingerprint density at radius 3 is 1.87 bits per heavy atom. The smallest absolute Gasteiger partial charge is 0.306 e. The topological polar surface area (TPSA) is 136 Å². The number of benzene rings is 1. The van der Waals surface area contributed by atoms with E-state index in [2.05, 4.69) is 0 Å². The zero-order valence-corrected chi connectivity index (χ0v) is 17.5. The summed E-state index contributed by atoms with van der Waals surface area (Å²) in [5.74, 6) is -2.86. The van der Waals surface area contributed by atoms with E-state index in [0.29, 0.717) is 32.3 Å². The SMILES string of the molecule is O=C(O)CCCCC(=O)OC[C@H](COCc1ccccc1)OC(=O)CCCCC(=O)O. The molecule has 1 atom stereocenters. The molecule has 0 unspecified atom stereocenters. The van der Waals surface area contributed by atoms with E-state index < -0.39 is 30.0 Å². The molecule has 9 heteroatoms. The summed E-state index contributed by atoms with van der Waals surface area (Å²) in [5, 5.41) is 17.2. The van der Waals surface area contributed by atoms with Gasteiger partial charge in [0.1, 0.15) is 6.61 Å². The van der Waals surface area contributed by atoms with Crippen LogP contribution in [0.15, 0.2) is 30.3 Å². The Balaban J connectivity index is 2.42. The summed E-state index contributed by atoms with van der Waals surface area (Å²) >= 11 is 0.